The van der Waals surface area contributed by atoms with Gasteiger partial charge in [0.1, 0.15) is 0 Å². The van der Waals surface area contributed by atoms with Crippen molar-refractivity contribution >= 4 is 38.9 Å². The smallest absolute Gasteiger partial charge is 0.259 e. The third kappa shape index (κ3) is 2.35. The molecule has 0 spiro atoms. The van der Waals surface area contributed by atoms with Crippen molar-refractivity contribution < 1.29 is 4.79 Å². The van der Waals surface area contributed by atoms with E-state index in [1.54, 1.807) is 11.3 Å². The van der Waals surface area contributed by atoms with E-state index in [4.69, 9.17) is 0 Å². The zero-order valence-electron chi connectivity index (χ0n) is 10.6. The first-order valence-electron chi connectivity index (χ1n) is 6.30. The fraction of sp³-hybridized carbons (Fsp3) is 0.267. The number of amides is 1. The summed E-state index contributed by atoms with van der Waals surface area (Å²) < 4.78 is 1.08. The minimum absolute atomic E-state index is 0.127. The van der Waals surface area contributed by atoms with Gasteiger partial charge >= 0.3 is 0 Å². The molecule has 1 aliphatic heterocycles. The van der Waals surface area contributed by atoms with Gasteiger partial charge in [-0.1, -0.05) is 15.9 Å². The first-order valence-corrected chi connectivity index (χ1v) is 8.03. The summed E-state index contributed by atoms with van der Waals surface area (Å²) in [6, 6.07) is 6.17. The molecule has 0 unspecified atom stereocenters. The van der Waals surface area contributed by atoms with E-state index >= 15 is 0 Å². The molecule has 1 aromatic heterocycles. The largest absolute Gasteiger partial charge is 0.308 e. The summed E-state index contributed by atoms with van der Waals surface area (Å²) in [4.78, 5) is 14.6. The number of nitrogens with zero attached hydrogens (tertiary/aromatic N) is 1. The normalized spacial score (nSPS) is 14.3. The molecule has 0 bridgehead atoms. The van der Waals surface area contributed by atoms with E-state index in [0.29, 0.717) is 0 Å². The second-order valence-electron chi connectivity index (χ2n) is 4.80. The highest BCUT2D eigenvalue weighted by Gasteiger charge is 2.24. The standard InChI is InChI=1S/C15H14BrNOS/c1-10-8-19-9-13(10)15(18)17-6-2-3-11-7-12(16)4-5-14(11)17/h4-5,7-9H,2-3,6H2,1H3. The fourth-order valence-corrected chi connectivity index (χ4v) is 3.73. The van der Waals surface area contributed by atoms with Crippen LogP contribution in [-0.4, -0.2) is 12.5 Å². The maximum absolute atomic E-state index is 12.7. The minimum atomic E-state index is 0.127. The molecule has 0 N–H and O–H groups in total. The van der Waals surface area contributed by atoms with Crippen molar-refractivity contribution in [2.75, 3.05) is 11.4 Å². The first-order chi connectivity index (χ1) is 9.16. The van der Waals surface area contributed by atoms with Crippen LogP contribution in [0.5, 0.6) is 0 Å². The van der Waals surface area contributed by atoms with E-state index in [-0.39, 0.29) is 5.91 Å². The van der Waals surface area contributed by atoms with Gasteiger partial charge in [0.25, 0.3) is 5.91 Å². The number of hydrogen-bond acceptors (Lipinski definition) is 2. The van der Waals surface area contributed by atoms with Crippen LogP contribution < -0.4 is 4.90 Å². The molecule has 1 aliphatic rings. The lowest BCUT2D eigenvalue weighted by Crippen LogP contribution is -2.35. The Kier molecular flexibility index (Phi) is 3.46. The van der Waals surface area contributed by atoms with Crippen LogP contribution in [0.4, 0.5) is 5.69 Å². The number of carbonyl (C=O) groups excluding carboxylic acids is 1. The number of anilines is 1. The maximum Gasteiger partial charge on any atom is 0.259 e. The van der Waals surface area contributed by atoms with Crippen LogP contribution in [-0.2, 0) is 6.42 Å². The van der Waals surface area contributed by atoms with Crippen molar-refractivity contribution in [1.29, 1.82) is 0 Å². The molecule has 1 amide bonds. The van der Waals surface area contributed by atoms with Crippen LogP contribution in [0.1, 0.15) is 27.9 Å². The Morgan fingerprint density at radius 2 is 2.21 bits per heavy atom. The monoisotopic (exact) mass is 335 g/mol. The molecule has 0 saturated heterocycles. The van der Waals surface area contributed by atoms with Gasteiger partial charge in [-0.2, -0.15) is 11.3 Å². The van der Waals surface area contributed by atoms with E-state index in [9.17, 15) is 4.79 Å². The van der Waals surface area contributed by atoms with Gasteiger partial charge < -0.3 is 4.90 Å². The molecule has 98 valence electrons. The number of carbonyl (C=O) groups is 1. The molecular weight excluding hydrogens is 322 g/mol. The minimum Gasteiger partial charge on any atom is -0.308 e. The molecule has 0 aliphatic carbocycles. The van der Waals surface area contributed by atoms with E-state index < -0.39 is 0 Å². The molecule has 2 aromatic rings. The van der Waals surface area contributed by atoms with Crippen molar-refractivity contribution in [3.05, 3.63) is 50.1 Å². The van der Waals surface area contributed by atoms with Crippen LogP contribution in [0, 0.1) is 6.92 Å². The predicted molar refractivity (Wildman–Crippen MR) is 83.2 cm³/mol. The summed E-state index contributed by atoms with van der Waals surface area (Å²) >= 11 is 5.08. The Bertz CT molecular complexity index is 635. The summed E-state index contributed by atoms with van der Waals surface area (Å²) in [5.41, 5.74) is 4.21. The predicted octanol–water partition coefficient (Wildman–Crippen LogP) is 4.41. The molecule has 1 aromatic carbocycles. The number of thiophene rings is 1. The van der Waals surface area contributed by atoms with Gasteiger partial charge in [0.15, 0.2) is 0 Å². The zero-order chi connectivity index (χ0) is 13.4. The Balaban J connectivity index is 2.00. The highest BCUT2D eigenvalue weighted by Crippen LogP contribution is 2.31. The average molecular weight is 336 g/mol. The summed E-state index contributed by atoms with van der Waals surface area (Å²) in [6.45, 7) is 2.80. The van der Waals surface area contributed by atoms with Crippen molar-refractivity contribution in [1.82, 2.24) is 0 Å². The second-order valence-corrected chi connectivity index (χ2v) is 6.46. The van der Waals surface area contributed by atoms with Crippen LogP contribution >= 0.6 is 27.3 Å². The van der Waals surface area contributed by atoms with Crippen LogP contribution in [0.3, 0.4) is 0 Å². The second kappa shape index (κ2) is 5.10. The molecule has 3 rings (SSSR count). The third-order valence-corrected chi connectivity index (χ3v) is 4.85. The molecule has 0 saturated carbocycles. The van der Waals surface area contributed by atoms with Gasteiger partial charge in [0, 0.05) is 22.1 Å². The molecular formula is C15H14BrNOS. The molecule has 0 fully saturated rings. The highest BCUT2D eigenvalue weighted by atomic mass is 79.9. The van der Waals surface area contributed by atoms with Gasteiger partial charge in [-0.25, -0.2) is 0 Å². The van der Waals surface area contributed by atoms with Crippen molar-refractivity contribution in [2.24, 2.45) is 0 Å². The molecule has 19 heavy (non-hydrogen) atoms. The average Bonchev–Trinajstić information content (AvgIpc) is 2.83. The SMILES string of the molecule is Cc1cscc1C(=O)N1CCCc2cc(Br)ccc21. The van der Waals surface area contributed by atoms with E-state index in [1.807, 2.05) is 34.7 Å². The number of fused-ring (bicyclic) bond motifs is 1. The lowest BCUT2D eigenvalue weighted by molar-refractivity contribution is 0.0985. The van der Waals surface area contributed by atoms with Crippen LogP contribution in [0.15, 0.2) is 33.4 Å². The summed E-state index contributed by atoms with van der Waals surface area (Å²) in [7, 11) is 0. The van der Waals surface area contributed by atoms with Gasteiger partial charge in [-0.15, -0.1) is 0 Å². The summed E-state index contributed by atoms with van der Waals surface area (Å²) in [5.74, 6) is 0.127. The van der Waals surface area contributed by atoms with Crippen LogP contribution in [0.25, 0.3) is 0 Å². The van der Waals surface area contributed by atoms with Gasteiger partial charge in [0.05, 0.1) is 5.56 Å². The number of hydrogen-bond donors (Lipinski definition) is 0. The molecule has 2 heterocycles. The van der Waals surface area contributed by atoms with E-state index in [2.05, 4.69) is 22.0 Å². The molecule has 0 radical (unpaired) electrons. The number of benzene rings is 1. The number of rotatable bonds is 1. The maximum atomic E-state index is 12.7. The highest BCUT2D eigenvalue weighted by molar-refractivity contribution is 9.10. The zero-order valence-corrected chi connectivity index (χ0v) is 13.1. The molecule has 2 nitrogen and oxygen atoms in total. The lowest BCUT2D eigenvalue weighted by Gasteiger charge is -2.29. The third-order valence-electron chi connectivity index (χ3n) is 3.49. The Labute approximate surface area is 125 Å². The van der Waals surface area contributed by atoms with Gasteiger partial charge in [0.2, 0.25) is 0 Å². The topological polar surface area (TPSA) is 20.3 Å². The van der Waals surface area contributed by atoms with Crippen molar-refractivity contribution in [3.63, 3.8) is 0 Å². The van der Waals surface area contributed by atoms with E-state index in [1.165, 1.54) is 5.56 Å². The molecule has 0 atom stereocenters. The van der Waals surface area contributed by atoms with Gasteiger partial charge in [-0.3, -0.25) is 4.79 Å². The Morgan fingerprint density at radius 3 is 2.95 bits per heavy atom. The Morgan fingerprint density at radius 1 is 1.37 bits per heavy atom. The van der Waals surface area contributed by atoms with E-state index in [0.717, 1.165) is 40.7 Å². The number of halogens is 1. The summed E-state index contributed by atoms with van der Waals surface area (Å²) in [6.07, 6.45) is 2.07. The van der Waals surface area contributed by atoms with Crippen LogP contribution in [0.2, 0.25) is 0 Å². The quantitative estimate of drug-likeness (QED) is 0.755. The van der Waals surface area contributed by atoms with Gasteiger partial charge in [-0.05, 0) is 54.5 Å². The number of aryl methyl sites for hydroxylation is 2. The first kappa shape index (κ1) is 12.9. The van der Waals surface area contributed by atoms with Crippen molar-refractivity contribution in [2.45, 2.75) is 19.8 Å². The lowest BCUT2D eigenvalue weighted by atomic mass is 10.0. The molecule has 4 heteroatoms. The summed E-state index contributed by atoms with van der Waals surface area (Å²) in [5, 5.41) is 3.98. The fourth-order valence-electron chi connectivity index (χ4n) is 2.50. The Hall–Kier alpha value is -1.13. The van der Waals surface area contributed by atoms with Crippen molar-refractivity contribution in [3.8, 4) is 0 Å².